The smallest absolute Gasteiger partial charge is 0.306 e. The number of ketones is 1. The van der Waals surface area contributed by atoms with E-state index in [0.29, 0.717) is 32.5 Å². The fourth-order valence-corrected chi connectivity index (χ4v) is 2.45. The quantitative estimate of drug-likeness (QED) is 0.842. The minimum atomic E-state index is -0.718. The van der Waals surface area contributed by atoms with Crippen molar-refractivity contribution >= 4 is 11.8 Å². The van der Waals surface area contributed by atoms with Crippen molar-refractivity contribution in [2.24, 2.45) is 5.92 Å². The van der Waals surface area contributed by atoms with E-state index in [1.807, 2.05) is 36.1 Å². The van der Waals surface area contributed by atoms with Crippen molar-refractivity contribution in [2.75, 3.05) is 19.6 Å². The molecule has 0 spiro atoms. The number of carbonyl (C=O) groups excluding carboxylic acids is 1. The summed E-state index contributed by atoms with van der Waals surface area (Å²) in [5.74, 6) is -0.854. The lowest BCUT2D eigenvalue weighted by Crippen LogP contribution is -2.39. The molecule has 1 aliphatic heterocycles. The highest BCUT2D eigenvalue weighted by Gasteiger charge is 2.25. The number of hydrogen-bond donors (Lipinski definition) is 1. The van der Waals surface area contributed by atoms with Crippen LogP contribution in [0.2, 0.25) is 0 Å². The third kappa shape index (κ3) is 3.64. The minimum Gasteiger partial charge on any atom is -0.481 e. The fourth-order valence-electron chi connectivity index (χ4n) is 2.45. The lowest BCUT2D eigenvalue weighted by molar-refractivity contribution is -0.143. The Morgan fingerprint density at radius 3 is 2.58 bits per heavy atom. The Morgan fingerprint density at radius 1 is 1.32 bits per heavy atom. The highest BCUT2D eigenvalue weighted by molar-refractivity contribution is 5.97. The van der Waals surface area contributed by atoms with Gasteiger partial charge in [-0.1, -0.05) is 23.8 Å². The summed E-state index contributed by atoms with van der Waals surface area (Å²) in [5.41, 5.74) is 1.82. The number of piperidine rings is 1. The average molecular weight is 261 g/mol. The maximum absolute atomic E-state index is 12.1. The lowest BCUT2D eigenvalue weighted by Gasteiger charge is -2.29. The minimum absolute atomic E-state index is 0.109. The third-order valence-electron chi connectivity index (χ3n) is 3.64. The van der Waals surface area contributed by atoms with E-state index in [2.05, 4.69) is 0 Å². The predicted molar refractivity (Wildman–Crippen MR) is 72.3 cm³/mol. The number of benzene rings is 1. The number of Topliss-reactive ketones (excluding diaryl/α,β-unsaturated/α-hetero) is 1. The van der Waals surface area contributed by atoms with E-state index in [1.165, 1.54) is 0 Å². The summed E-state index contributed by atoms with van der Waals surface area (Å²) in [4.78, 5) is 25.0. The molecule has 0 aromatic heterocycles. The second-order valence-electron chi connectivity index (χ2n) is 5.18. The Kier molecular flexibility index (Phi) is 4.32. The van der Waals surface area contributed by atoms with Crippen LogP contribution in [0, 0.1) is 12.8 Å². The first-order valence-corrected chi connectivity index (χ1v) is 6.61. The Bertz CT molecular complexity index is 476. The molecule has 2 rings (SSSR count). The number of nitrogens with zero attached hydrogens (tertiary/aromatic N) is 1. The molecule has 4 nitrogen and oxygen atoms in total. The summed E-state index contributed by atoms with van der Waals surface area (Å²) < 4.78 is 0. The molecule has 1 aromatic rings. The first kappa shape index (κ1) is 13.7. The summed E-state index contributed by atoms with van der Waals surface area (Å²) in [6.45, 7) is 3.73. The number of carboxylic acids is 1. The zero-order valence-electron chi connectivity index (χ0n) is 11.1. The van der Waals surface area contributed by atoms with Gasteiger partial charge in [0.2, 0.25) is 0 Å². The number of carbonyl (C=O) groups is 2. The van der Waals surface area contributed by atoms with E-state index in [9.17, 15) is 9.59 Å². The monoisotopic (exact) mass is 261 g/mol. The predicted octanol–water partition coefficient (Wildman–Crippen LogP) is 1.97. The molecular weight excluding hydrogens is 242 g/mol. The van der Waals surface area contributed by atoms with Crippen LogP contribution in [0.15, 0.2) is 24.3 Å². The van der Waals surface area contributed by atoms with E-state index < -0.39 is 5.97 Å². The molecule has 0 aliphatic carbocycles. The SMILES string of the molecule is Cc1cccc(C(=O)CN2CCC(C(=O)O)CC2)c1. The van der Waals surface area contributed by atoms with Crippen molar-refractivity contribution in [3.05, 3.63) is 35.4 Å². The maximum Gasteiger partial charge on any atom is 0.306 e. The van der Waals surface area contributed by atoms with Crippen molar-refractivity contribution in [3.8, 4) is 0 Å². The molecule has 1 fully saturated rings. The molecule has 1 aromatic carbocycles. The largest absolute Gasteiger partial charge is 0.481 e. The van der Waals surface area contributed by atoms with Crippen molar-refractivity contribution in [1.29, 1.82) is 0 Å². The highest BCUT2D eigenvalue weighted by Crippen LogP contribution is 2.17. The van der Waals surface area contributed by atoms with Crippen molar-refractivity contribution in [2.45, 2.75) is 19.8 Å². The Morgan fingerprint density at radius 2 is 2.00 bits per heavy atom. The van der Waals surface area contributed by atoms with Crippen molar-refractivity contribution in [1.82, 2.24) is 4.90 Å². The second-order valence-corrected chi connectivity index (χ2v) is 5.18. The van der Waals surface area contributed by atoms with Crippen LogP contribution in [0.1, 0.15) is 28.8 Å². The average Bonchev–Trinajstić information content (AvgIpc) is 2.39. The van der Waals surface area contributed by atoms with Gasteiger partial charge in [-0.2, -0.15) is 0 Å². The Labute approximate surface area is 113 Å². The second kappa shape index (κ2) is 5.97. The first-order chi connectivity index (χ1) is 9.06. The molecule has 0 radical (unpaired) electrons. The van der Waals surface area contributed by atoms with E-state index >= 15 is 0 Å². The Hall–Kier alpha value is -1.68. The molecule has 0 bridgehead atoms. The standard InChI is InChI=1S/C15H19NO3/c1-11-3-2-4-13(9-11)14(17)10-16-7-5-12(6-8-16)15(18)19/h2-4,9,12H,5-8,10H2,1H3,(H,18,19). The van der Waals surface area contributed by atoms with Crippen LogP contribution in [0.5, 0.6) is 0 Å². The van der Waals surface area contributed by atoms with Gasteiger partial charge < -0.3 is 5.11 Å². The van der Waals surface area contributed by atoms with Crippen LogP contribution in [0.4, 0.5) is 0 Å². The van der Waals surface area contributed by atoms with Gasteiger partial charge in [0.15, 0.2) is 5.78 Å². The van der Waals surface area contributed by atoms with E-state index in [0.717, 1.165) is 11.1 Å². The van der Waals surface area contributed by atoms with Crippen LogP contribution in [0.25, 0.3) is 0 Å². The zero-order valence-corrected chi connectivity index (χ0v) is 11.1. The summed E-state index contributed by atoms with van der Waals surface area (Å²) in [6.07, 6.45) is 1.27. The molecule has 19 heavy (non-hydrogen) atoms. The van der Waals surface area contributed by atoms with Gasteiger partial charge in [-0.25, -0.2) is 0 Å². The molecule has 1 heterocycles. The molecule has 102 valence electrons. The van der Waals surface area contributed by atoms with Gasteiger partial charge in [-0.05, 0) is 38.9 Å². The fraction of sp³-hybridized carbons (Fsp3) is 0.467. The van der Waals surface area contributed by atoms with Crippen LogP contribution in [0.3, 0.4) is 0 Å². The molecule has 0 atom stereocenters. The topological polar surface area (TPSA) is 57.6 Å². The molecular formula is C15H19NO3. The zero-order chi connectivity index (χ0) is 13.8. The molecule has 1 N–H and O–H groups in total. The maximum atomic E-state index is 12.1. The summed E-state index contributed by atoms with van der Waals surface area (Å²) in [7, 11) is 0. The summed E-state index contributed by atoms with van der Waals surface area (Å²) in [5, 5.41) is 8.93. The van der Waals surface area contributed by atoms with E-state index in [-0.39, 0.29) is 11.7 Å². The van der Waals surface area contributed by atoms with Gasteiger partial charge in [0, 0.05) is 5.56 Å². The van der Waals surface area contributed by atoms with Crippen molar-refractivity contribution in [3.63, 3.8) is 0 Å². The molecule has 0 unspecified atom stereocenters. The van der Waals surface area contributed by atoms with Crippen molar-refractivity contribution < 1.29 is 14.7 Å². The van der Waals surface area contributed by atoms with Gasteiger partial charge in [-0.3, -0.25) is 14.5 Å². The third-order valence-corrected chi connectivity index (χ3v) is 3.64. The number of aliphatic carboxylic acids is 1. The number of hydrogen-bond acceptors (Lipinski definition) is 3. The number of carboxylic acid groups (broad SMARTS) is 1. The van der Waals surface area contributed by atoms with Gasteiger partial charge in [0.1, 0.15) is 0 Å². The van der Waals surface area contributed by atoms with Gasteiger partial charge in [0.05, 0.1) is 12.5 Å². The van der Waals surface area contributed by atoms with Crippen LogP contribution < -0.4 is 0 Å². The van der Waals surface area contributed by atoms with Crippen LogP contribution in [-0.2, 0) is 4.79 Å². The molecule has 4 heteroatoms. The van der Waals surface area contributed by atoms with E-state index in [4.69, 9.17) is 5.11 Å². The molecule has 0 saturated carbocycles. The normalized spacial score (nSPS) is 17.3. The molecule has 0 amide bonds. The number of rotatable bonds is 4. The molecule has 1 saturated heterocycles. The van der Waals surface area contributed by atoms with Crippen LogP contribution >= 0.6 is 0 Å². The van der Waals surface area contributed by atoms with Gasteiger partial charge >= 0.3 is 5.97 Å². The van der Waals surface area contributed by atoms with E-state index in [1.54, 1.807) is 0 Å². The van der Waals surface area contributed by atoms with Crippen LogP contribution in [-0.4, -0.2) is 41.4 Å². The number of aryl methyl sites for hydroxylation is 1. The summed E-state index contributed by atoms with van der Waals surface area (Å²) >= 11 is 0. The van der Waals surface area contributed by atoms with Gasteiger partial charge in [0.25, 0.3) is 0 Å². The Balaban J connectivity index is 1.89. The van der Waals surface area contributed by atoms with Gasteiger partial charge in [-0.15, -0.1) is 0 Å². The molecule has 1 aliphatic rings. The summed E-state index contributed by atoms with van der Waals surface area (Å²) in [6, 6.07) is 7.58. The number of likely N-dealkylation sites (tertiary alicyclic amines) is 1. The highest BCUT2D eigenvalue weighted by atomic mass is 16.4. The first-order valence-electron chi connectivity index (χ1n) is 6.61. The lowest BCUT2D eigenvalue weighted by atomic mass is 9.96.